The lowest BCUT2D eigenvalue weighted by molar-refractivity contribution is 0.0319. The molecule has 0 aromatic carbocycles. The van der Waals surface area contributed by atoms with Gasteiger partial charge in [-0.1, -0.05) is 0 Å². The summed E-state index contributed by atoms with van der Waals surface area (Å²) in [7, 11) is 0. The van der Waals surface area contributed by atoms with Crippen molar-refractivity contribution in [1.29, 1.82) is 0 Å². The molecule has 0 unspecified atom stereocenters. The third kappa shape index (κ3) is 3.72. The van der Waals surface area contributed by atoms with Gasteiger partial charge in [0.1, 0.15) is 9.71 Å². The largest absolute Gasteiger partial charge is 0.462 e. The van der Waals surface area contributed by atoms with Gasteiger partial charge < -0.3 is 14.5 Å². The van der Waals surface area contributed by atoms with E-state index in [1.54, 1.807) is 20.8 Å². The zero-order valence-corrected chi connectivity index (χ0v) is 15.8. The Balaban J connectivity index is 1.92. The number of ether oxygens (including phenoxy) is 2. The minimum atomic E-state index is -0.781. The quantitative estimate of drug-likeness (QED) is 0.670. The summed E-state index contributed by atoms with van der Waals surface area (Å²) < 4.78 is 10.4. The van der Waals surface area contributed by atoms with E-state index in [0.717, 1.165) is 11.3 Å². The summed E-state index contributed by atoms with van der Waals surface area (Å²) in [6.07, 6.45) is 2.19. The molecule has 3 heterocycles. The van der Waals surface area contributed by atoms with Crippen LogP contribution in [0.2, 0.25) is 0 Å². The molecule has 1 N–H and O–H groups in total. The number of H-pyrrole nitrogens is 1. The van der Waals surface area contributed by atoms with Crippen molar-refractivity contribution in [2.24, 2.45) is 0 Å². The van der Waals surface area contributed by atoms with E-state index in [9.17, 15) is 14.4 Å². The van der Waals surface area contributed by atoms with Crippen molar-refractivity contribution < 1.29 is 19.1 Å². The van der Waals surface area contributed by atoms with E-state index in [1.165, 1.54) is 24.5 Å². The molecule has 0 saturated heterocycles. The molecule has 8 nitrogen and oxygen atoms in total. The van der Waals surface area contributed by atoms with E-state index in [-0.39, 0.29) is 12.4 Å². The van der Waals surface area contributed by atoms with Gasteiger partial charge in [-0.25, -0.2) is 14.6 Å². The molecule has 0 aliphatic rings. The Morgan fingerprint density at radius 3 is 2.63 bits per heavy atom. The first kappa shape index (κ1) is 18.7. The average Bonchev–Trinajstić information content (AvgIpc) is 2.99. The van der Waals surface area contributed by atoms with Gasteiger partial charge >= 0.3 is 11.9 Å². The van der Waals surface area contributed by atoms with Crippen molar-refractivity contribution in [3.63, 3.8) is 0 Å². The first-order valence-electron chi connectivity index (χ1n) is 8.23. The first-order valence-corrected chi connectivity index (χ1v) is 9.05. The SMILES string of the molecule is CCOC(=O)c1sc2nc([C@@H](C)OC(=O)c3ccncc3)[nH]c(=O)c2c1C. The van der Waals surface area contributed by atoms with Gasteiger partial charge in [-0.3, -0.25) is 9.78 Å². The molecule has 0 radical (unpaired) electrons. The Labute approximate surface area is 158 Å². The molecule has 3 rings (SSSR count). The van der Waals surface area contributed by atoms with Crippen LogP contribution in [0, 0.1) is 6.92 Å². The number of pyridine rings is 1. The van der Waals surface area contributed by atoms with Crippen molar-refractivity contribution in [3.8, 4) is 0 Å². The third-order valence-corrected chi connectivity index (χ3v) is 5.03. The zero-order valence-electron chi connectivity index (χ0n) is 14.9. The first-order chi connectivity index (χ1) is 12.9. The summed E-state index contributed by atoms with van der Waals surface area (Å²) in [6.45, 7) is 5.23. The molecule has 3 aromatic rings. The molecule has 0 amide bonds. The molecule has 0 saturated carbocycles. The zero-order chi connectivity index (χ0) is 19.6. The maximum absolute atomic E-state index is 12.5. The summed E-state index contributed by atoms with van der Waals surface area (Å²) in [6, 6.07) is 3.06. The van der Waals surface area contributed by atoms with Crippen LogP contribution in [-0.4, -0.2) is 33.5 Å². The normalized spacial score (nSPS) is 12.0. The smallest absolute Gasteiger partial charge is 0.348 e. The van der Waals surface area contributed by atoms with E-state index in [0.29, 0.717) is 26.2 Å². The highest BCUT2D eigenvalue weighted by Crippen LogP contribution is 2.28. The van der Waals surface area contributed by atoms with Crippen molar-refractivity contribution >= 4 is 33.5 Å². The second-order valence-corrected chi connectivity index (χ2v) is 6.69. The second-order valence-electron chi connectivity index (χ2n) is 5.69. The van der Waals surface area contributed by atoms with Gasteiger partial charge in [0.25, 0.3) is 5.56 Å². The number of aromatic nitrogens is 3. The molecule has 0 aliphatic heterocycles. The van der Waals surface area contributed by atoms with E-state index in [2.05, 4.69) is 15.0 Å². The fourth-order valence-corrected chi connectivity index (χ4v) is 3.60. The summed E-state index contributed by atoms with van der Waals surface area (Å²) in [4.78, 5) is 48.3. The van der Waals surface area contributed by atoms with E-state index in [4.69, 9.17) is 9.47 Å². The minimum absolute atomic E-state index is 0.201. The highest BCUT2D eigenvalue weighted by atomic mass is 32.1. The lowest BCUT2D eigenvalue weighted by atomic mass is 10.2. The van der Waals surface area contributed by atoms with Crippen LogP contribution in [0.15, 0.2) is 29.3 Å². The van der Waals surface area contributed by atoms with Gasteiger partial charge in [-0.2, -0.15) is 0 Å². The molecule has 9 heteroatoms. The lowest BCUT2D eigenvalue weighted by Crippen LogP contribution is -2.17. The van der Waals surface area contributed by atoms with Crippen molar-refractivity contribution in [3.05, 3.63) is 56.7 Å². The maximum Gasteiger partial charge on any atom is 0.348 e. The van der Waals surface area contributed by atoms with Crippen LogP contribution in [0.4, 0.5) is 0 Å². The minimum Gasteiger partial charge on any atom is -0.462 e. The van der Waals surface area contributed by atoms with Gasteiger partial charge in [-0.15, -0.1) is 11.3 Å². The summed E-state index contributed by atoms with van der Waals surface area (Å²) in [5.41, 5.74) is 0.470. The number of nitrogens with one attached hydrogen (secondary N) is 1. The third-order valence-electron chi connectivity index (χ3n) is 3.86. The Morgan fingerprint density at radius 2 is 1.96 bits per heavy atom. The van der Waals surface area contributed by atoms with E-state index >= 15 is 0 Å². The lowest BCUT2D eigenvalue weighted by Gasteiger charge is -2.12. The predicted octanol–water partition coefficient (Wildman–Crippen LogP) is 2.78. The molecule has 0 aliphatic carbocycles. The van der Waals surface area contributed by atoms with Crippen LogP contribution in [0.1, 0.15) is 51.4 Å². The number of nitrogens with zero attached hydrogens (tertiary/aromatic N) is 2. The van der Waals surface area contributed by atoms with Crippen molar-refractivity contribution in [1.82, 2.24) is 15.0 Å². The van der Waals surface area contributed by atoms with Crippen LogP contribution < -0.4 is 5.56 Å². The number of rotatable bonds is 5. The summed E-state index contributed by atoms with van der Waals surface area (Å²) in [5, 5.41) is 0.333. The standard InChI is InChI=1S/C18H17N3O5S/c1-4-25-18(24)13-9(2)12-15(22)20-14(21-16(12)27-13)10(3)26-17(23)11-5-7-19-8-6-11/h5-8,10H,4H2,1-3H3,(H,20,21,22)/t10-/m1/s1. The number of hydrogen-bond donors (Lipinski definition) is 1. The Kier molecular flexibility index (Phi) is 5.31. The van der Waals surface area contributed by atoms with Crippen LogP contribution in [-0.2, 0) is 9.47 Å². The number of esters is 2. The molecular weight excluding hydrogens is 370 g/mol. The Hall–Kier alpha value is -3.07. The van der Waals surface area contributed by atoms with Gasteiger partial charge in [0, 0.05) is 12.4 Å². The topological polar surface area (TPSA) is 111 Å². The fourth-order valence-electron chi connectivity index (χ4n) is 2.52. The van der Waals surface area contributed by atoms with Gasteiger partial charge in [0.05, 0.1) is 17.6 Å². The maximum atomic E-state index is 12.5. The second kappa shape index (κ2) is 7.67. The van der Waals surface area contributed by atoms with Crippen LogP contribution in [0.5, 0.6) is 0 Å². The van der Waals surface area contributed by atoms with Crippen LogP contribution >= 0.6 is 11.3 Å². The van der Waals surface area contributed by atoms with Gasteiger partial charge in [0.15, 0.2) is 11.9 Å². The summed E-state index contributed by atoms with van der Waals surface area (Å²) >= 11 is 1.08. The molecule has 3 aromatic heterocycles. The molecule has 0 bridgehead atoms. The number of carbonyl (C=O) groups excluding carboxylic acids is 2. The molecule has 0 spiro atoms. The number of aromatic amines is 1. The summed E-state index contributed by atoms with van der Waals surface area (Å²) in [5.74, 6) is -0.843. The Bertz CT molecular complexity index is 1060. The van der Waals surface area contributed by atoms with Crippen molar-refractivity contribution in [2.45, 2.75) is 26.9 Å². The average molecular weight is 387 g/mol. The van der Waals surface area contributed by atoms with Crippen molar-refractivity contribution in [2.75, 3.05) is 6.61 Å². The van der Waals surface area contributed by atoms with Crippen LogP contribution in [0.25, 0.3) is 10.2 Å². The molecule has 1 atom stereocenters. The van der Waals surface area contributed by atoms with Gasteiger partial charge in [-0.05, 0) is 38.5 Å². The number of aryl methyl sites for hydroxylation is 1. The number of thiophene rings is 1. The monoisotopic (exact) mass is 387 g/mol. The van der Waals surface area contributed by atoms with Gasteiger partial charge in [0.2, 0.25) is 0 Å². The van der Waals surface area contributed by atoms with E-state index < -0.39 is 23.6 Å². The molecular formula is C18H17N3O5S. The number of carbonyl (C=O) groups is 2. The Morgan fingerprint density at radius 1 is 1.26 bits per heavy atom. The van der Waals surface area contributed by atoms with Crippen LogP contribution in [0.3, 0.4) is 0 Å². The number of fused-ring (bicyclic) bond motifs is 1. The predicted molar refractivity (Wildman–Crippen MR) is 99.0 cm³/mol. The molecule has 140 valence electrons. The highest BCUT2D eigenvalue weighted by Gasteiger charge is 2.22. The fraction of sp³-hybridized carbons (Fsp3) is 0.278. The molecule has 0 fully saturated rings. The van der Waals surface area contributed by atoms with E-state index in [1.807, 2.05) is 0 Å². The molecule has 27 heavy (non-hydrogen) atoms. The number of hydrogen-bond acceptors (Lipinski definition) is 8. The highest BCUT2D eigenvalue weighted by molar-refractivity contribution is 7.20.